The van der Waals surface area contributed by atoms with Crippen molar-refractivity contribution in [2.24, 2.45) is 0 Å². The molecule has 0 spiro atoms. The number of carbonyl (C=O) groups excluding carboxylic acids is 2. The summed E-state index contributed by atoms with van der Waals surface area (Å²) in [6, 6.07) is 43.3. The van der Waals surface area contributed by atoms with Gasteiger partial charge in [-0.1, -0.05) is 72.8 Å². The van der Waals surface area contributed by atoms with Gasteiger partial charge >= 0.3 is 0 Å². The second kappa shape index (κ2) is 11.4. The lowest BCUT2D eigenvalue weighted by Gasteiger charge is -2.05. The number of carbonyl (C=O) groups is 2. The van der Waals surface area contributed by atoms with Crippen molar-refractivity contribution in [1.82, 2.24) is 0 Å². The first kappa shape index (κ1) is 32.4. The highest BCUT2D eigenvalue weighted by Crippen LogP contribution is 2.53. The molecule has 0 radical (unpaired) electrons. The quantitative estimate of drug-likeness (QED) is 0.151. The molecule has 0 atom stereocenters. The third-order valence-corrected chi connectivity index (χ3v) is 13.0. The van der Waals surface area contributed by atoms with Gasteiger partial charge in [-0.15, -0.1) is 0 Å². The van der Waals surface area contributed by atoms with E-state index in [1.807, 2.05) is 127 Å². The van der Waals surface area contributed by atoms with Crippen LogP contribution in [0.4, 0.5) is 0 Å². The van der Waals surface area contributed by atoms with Gasteiger partial charge in [0.05, 0.1) is 4.47 Å². The van der Waals surface area contributed by atoms with Gasteiger partial charge in [-0.25, -0.2) is 0 Å². The smallest absolute Gasteiger partial charge is 0.194 e. The van der Waals surface area contributed by atoms with Crippen LogP contribution in [-0.4, -0.2) is 11.6 Å². The molecule has 0 N–H and O–H groups in total. The van der Waals surface area contributed by atoms with Crippen molar-refractivity contribution in [2.75, 3.05) is 0 Å². The molecular weight excluding hydrogens is 856 g/mol. The first-order chi connectivity index (χ1) is 28.4. The number of furan rings is 4. The Morgan fingerprint density at radius 3 is 1.52 bits per heavy atom. The number of halogens is 2. The fraction of sp³-hybridized carbons (Fsp3) is 0. The number of benzene rings is 8. The molecular formula is C50H22Br2O6. The predicted molar refractivity (Wildman–Crippen MR) is 235 cm³/mol. The monoisotopic (exact) mass is 876 g/mol. The zero-order chi connectivity index (χ0) is 38.6. The Bertz CT molecular complexity index is 3870. The maximum atomic E-state index is 13.4. The summed E-state index contributed by atoms with van der Waals surface area (Å²) in [7, 11) is 0. The van der Waals surface area contributed by atoms with E-state index in [0.29, 0.717) is 22.3 Å². The number of hydrogen-bond acceptors (Lipinski definition) is 6. The van der Waals surface area contributed by atoms with Crippen molar-refractivity contribution < 1.29 is 27.3 Å². The van der Waals surface area contributed by atoms with E-state index in [-0.39, 0.29) is 11.6 Å². The maximum Gasteiger partial charge on any atom is 0.194 e. The summed E-state index contributed by atoms with van der Waals surface area (Å²) in [5.74, 6) is 0.0375. The Hall–Kier alpha value is -6.74. The molecule has 0 amide bonds. The molecule has 2 aliphatic rings. The fourth-order valence-corrected chi connectivity index (χ4v) is 10.5. The third-order valence-electron chi connectivity index (χ3n) is 11.8. The minimum atomic E-state index is -0.00376. The standard InChI is InChI=1S/C25H10Br2O3.C25H12O3/c26-15-9-14-22(25-19(15)11-5-1-3-7-17(11)30-25)20-13(23(14)28)10-16(27)24-21(20)12-6-2-4-8-18(12)29-24;26-24-16-11-12-20-21(15-6-2-4-8-19(15)27-20)22(16)23-17(24)10-9-14-13-5-1-3-7-18(13)28-25(14)23/h1-10H;1-12H. The van der Waals surface area contributed by atoms with Crippen LogP contribution in [0.1, 0.15) is 31.8 Å². The summed E-state index contributed by atoms with van der Waals surface area (Å²) >= 11 is 7.29. The van der Waals surface area contributed by atoms with Crippen LogP contribution in [0.5, 0.6) is 0 Å². The van der Waals surface area contributed by atoms with Gasteiger partial charge in [-0.3, -0.25) is 9.59 Å². The molecule has 2 aliphatic carbocycles. The van der Waals surface area contributed by atoms with E-state index < -0.39 is 0 Å². The van der Waals surface area contributed by atoms with Crippen LogP contribution in [0.2, 0.25) is 0 Å². The molecule has 4 heterocycles. The van der Waals surface area contributed by atoms with E-state index in [4.69, 9.17) is 17.7 Å². The SMILES string of the molecule is O=C1c2cc(Br)c3c(oc4ccccc43)c2-c2c1cc(Br)c1oc3ccccc3c21.O=C1c2ccc3c(oc4ccccc43)c2-c2c1ccc1oc3ccccc3c21. The molecule has 8 aromatic carbocycles. The number of rotatable bonds is 0. The summed E-state index contributed by atoms with van der Waals surface area (Å²) in [5.41, 5.74) is 12.5. The highest BCUT2D eigenvalue weighted by Gasteiger charge is 2.36. The molecule has 58 heavy (non-hydrogen) atoms. The van der Waals surface area contributed by atoms with E-state index in [0.717, 1.165) is 119 Å². The lowest BCUT2D eigenvalue weighted by molar-refractivity contribution is 0.103. The summed E-state index contributed by atoms with van der Waals surface area (Å²) in [4.78, 5) is 26.6. The molecule has 0 fully saturated rings. The largest absolute Gasteiger partial charge is 0.456 e. The van der Waals surface area contributed by atoms with Gasteiger partial charge < -0.3 is 17.7 Å². The van der Waals surface area contributed by atoms with E-state index in [1.165, 1.54) is 0 Å². The van der Waals surface area contributed by atoms with Crippen LogP contribution in [0, 0.1) is 0 Å². The van der Waals surface area contributed by atoms with Crippen molar-refractivity contribution in [3.8, 4) is 22.3 Å². The van der Waals surface area contributed by atoms with Crippen LogP contribution in [-0.2, 0) is 0 Å². The molecule has 4 aromatic heterocycles. The lowest BCUT2D eigenvalue weighted by Crippen LogP contribution is -1.95. The van der Waals surface area contributed by atoms with Crippen LogP contribution in [0.25, 0.3) is 110 Å². The Labute approximate surface area is 343 Å². The molecule has 272 valence electrons. The highest BCUT2D eigenvalue weighted by atomic mass is 79.9. The molecule has 8 heteroatoms. The van der Waals surface area contributed by atoms with Crippen molar-refractivity contribution in [3.05, 3.63) is 165 Å². The van der Waals surface area contributed by atoms with Crippen LogP contribution in [0.3, 0.4) is 0 Å². The van der Waals surface area contributed by atoms with Crippen LogP contribution in [0.15, 0.2) is 160 Å². The van der Waals surface area contributed by atoms with E-state index in [9.17, 15) is 9.59 Å². The normalized spacial score (nSPS) is 13.1. The number of para-hydroxylation sites is 4. The average Bonchev–Trinajstić information content (AvgIpc) is 4.09. The fourth-order valence-electron chi connectivity index (χ4n) is 9.36. The van der Waals surface area contributed by atoms with E-state index in [2.05, 4.69) is 37.9 Å². The summed E-state index contributed by atoms with van der Waals surface area (Å²) in [6.07, 6.45) is 0. The van der Waals surface area contributed by atoms with Crippen molar-refractivity contribution >= 4 is 131 Å². The topological polar surface area (TPSA) is 86.7 Å². The number of ketones is 2. The van der Waals surface area contributed by atoms with Crippen molar-refractivity contribution in [1.29, 1.82) is 0 Å². The summed E-state index contributed by atoms with van der Waals surface area (Å²) in [5, 5.41) is 8.01. The molecule has 12 aromatic rings. The zero-order valence-electron chi connectivity index (χ0n) is 29.9. The molecule has 0 bridgehead atoms. The Morgan fingerprint density at radius 1 is 0.328 bits per heavy atom. The van der Waals surface area contributed by atoms with Gasteiger partial charge in [0, 0.05) is 92.1 Å². The van der Waals surface area contributed by atoms with E-state index in [1.54, 1.807) is 0 Å². The van der Waals surface area contributed by atoms with Gasteiger partial charge in [0.25, 0.3) is 0 Å². The Balaban J connectivity index is 0.000000121. The maximum absolute atomic E-state index is 13.4. The minimum Gasteiger partial charge on any atom is -0.456 e. The lowest BCUT2D eigenvalue weighted by atomic mass is 9.97. The summed E-state index contributed by atoms with van der Waals surface area (Å²) < 4.78 is 26.4. The predicted octanol–water partition coefficient (Wildman–Crippen LogP) is 14.9. The molecule has 6 nitrogen and oxygen atoms in total. The van der Waals surface area contributed by atoms with Gasteiger partial charge in [0.15, 0.2) is 11.6 Å². The second-order valence-electron chi connectivity index (χ2n) is 14.7. The second-order valence-corrected chi connectivity index (χ2v) is 16.5. The van der Waals surface area contributed by atoms with Crippen molar-refractivity contribution in [2.45, 2.75) is 0 Å². The van der Waals surface area contributed by atoms with Gasteiger partial charge in [-0.05, 0) is 92.5 Å². The molecule has 14 rings (SSSR count). The van der Waals surface area contributed by atoms with Gasteiger partial charge in [0.1, 0.15) is 44.7 Å². The third kappa shape index (κ3) is 4.10. The molecule has 0 unspecified atom stereocenters. The molecule has 0 aliphatic heterocycles. The number of hydrogen-bond donors (Lipinski definition) is 0. The number of fused-ring (bicyclic) bond motifs is 22. The average molecular weight is 879 g/mol. The van der Waals surface area contributed by atoms with Crippen LogP contribution >= 0.6 is 31.9 Å². The van der Waals surface area contributed by atoms with Gasteiger partial charge in [-0.2, -0.15) is 0 Å². The van der Waals surface area contributed by atoms with Crippen LogP contribution < -0.4 is 0 Å². The Kier molecular flexibility index (Phi) is 6.38. The van der Waals surface area contributed by atoms with E-state index >= 15 is 0 Å². The first-order valence-electron chi connectivity index (χ1n) is 18.7. The molecule has 0 saturated carbocycles. The Morgan fingerprint density at radius 2 is 0.793 bits per heavy atom. The first-order valence-corrected chi connectivity index (χ1v) is 20.3. The summed E-state index contributed by atoms with van der Waals surface area (Å²) in [6.45, 7) is 0. The van der Waals surface area contributed by atoms with Crippen molar-refractivity contribution in [3.63, 3.8) is 0 Å². The highest BCUT2D eigenvalue weighted by molar-refractivity contribution is 9.11. The van der Waals surface area contributed by atoms with Gasteiger partial charge in [0.2, 0.25) is 0 Å². The molecule has 0 saturated heterocycles. The zero-order valence-corrected chi connectivity index (χ0v) is 33.1. The minimum absolute atomic E-state index is 0.00376.